The summed E-state index contributed by atoms with van der Waals surface area (Å²) in [5.74, 6) is -5.78. The molecule has 0 atom stereocenters. The van der Waals surface area contributed by atoms with Crippen LogP contribution in [-0.4, -0.2) is 56.7 Å². The van der Waals surface area contributed by atoms with Crippen molar-refractivity contribution in [3.05, 3.63) is 76.4 Å². The monoisotopic (exact) mass is 505 g/mol. The first kappa shape index (κ1) is 28.5. The minimum atomic E-state index is -1.82. The molecule has 1 aromatic carbocycles. The minimum Gasteiger partial charge on any atom is -0.473 e. The zero-order valence-electron chi connectivity index (χ0n) is 18.2. The molecule has 0 amide bonds. The lowest BCUT2D eigenvalue weighted by molar-refractivity contribution is -0.159. The van der Waals surface area contributed by atoms with E-state index in [1.165, 1.54) is 5.56 Å². The van der Waals surface area contributed by atoms with E-state index in [0.717, 1.165) is 35.8 Å². The Morgan fingerprint density at radius 2 is 1.49 bits per heavy atom. The van der Waals surface area contributed by atoms with Crippen LogP contribution in [0.3, 0.4) is 0 Å². The first-order chi connectivity index (χ1) is 16.6. The number of nitrogens with zero attached hydrogens (tertiary/aromatic N) is 1. The molecule has 0 bridgehead atoms. The highest BCUT2D eigenvalue weighted by molar-refractivity contribution is 7.12. The maximum atomic E-state index is 9.10. The number of benzene rings is 1. The molecule has 3 rings (SSSR count). The van der Waals surface area contributed by atoms with Crippen LogP contribution in [0.15, 0.2) is 69.6 Å². The van der Waals surface area contributed by atoms with Crippen LogP contribution in [0.25, 0.3) is 0 Å². The summed E-state index contributed by atoms with van der Waals surface area (Å²) in [4.78, 5) is 41.8. The molecule has 0 aliphatic carbocycles. The van der Waals surface area contributed by atoms with Crippen LogP contribution in [0.1, 0.15) is 16.2 Å². The molecule has 0 radical (unpaired) electrons. The van der Waals surface area contributed by atoms with Gasteiger partial charge in [0.2, 0.25) is 0 Å². The molecule has 0 saturated heterocycles. The molecule has 3 aromatic rings. The van der Waals surface area contributed by atoms with Gasteiger partial charge in [-0.3, -0.25) is 0 Å². The molecule has 13 heteroatoms. The van der Waals surface area contributed by atoms with Crippen molar-refractivity contribution in [3.63, 3.8) is 0 Å². The molecule has 0 aliphatic rings. The van der Waals surface area contributed by atoms with Gasteiger partial charge < -0.3 is 35.9 Å². The first-order valence-electron chi connectivity index (χ1n) is 9.72. The van der Waals surface area contributed by atoms with Crippen molar-refractivity contribution in [2.75, 3.05) is 6.54 Å². The third-order valence-corrected chi connectivity index (χ3v) is 4.69. The maximum Gasteiger partial charge on any atom is 0.414 e. The van der Waals surface area contributed by atoms with Gasteiger partial charge in [-0.2, -0.15) is 0 Å². The molecule has 12 nitrogen and oxygen atoms in total. The van der Waals surface area contributed by atoms with Gasteiger partial charge in [-0.05, 0) is 54.2 Å². The van der Waals surface area contributed by atoms with Crippen molar-refractivity contribution < 1.29 is 44.0 Å². The summed E-state index contributed by atoms with van der Waals surface area (Å²) in [6.07, 6.45) is 2.66. The maximum absolute atomic E-state index is 9.10. The van der Waals surface area contributed by atoms with E-state index in [2.05, 4.69) is 22.4 Å². The molecular formula is C22H23N3O9S. The fourth-order valence-corrected chi connectivity index (χ4v) is 2.84. The Labute approximate surface area is 203 Å². The van der Waals surface area contributed by atoms with Crippen molar-refractivity contribution in [3.8, 4) is 0 Å². The number of nitrogens with one attached hydrogen (secondary N) is 1. The van der Waals surface area contributed by atoms with Crippen molar-refractivity contribution in [2.24, 2.45) is 10.7 Å². The molecule has 0 spiro atoms. The van der Waals surface area contributed by atoms with Gasteiger partial charge in [-0.1, -0.05) is 18.2 Å². The molecule has 0 aliphatic heterocycles. The molecular weight excluding hydrogens is 482 g/mol. The van der Waals surface area contributed by atoms with Gasteiger partial charge in [-0.25, -0.2) is 24.2 Å². The van der Waals surface area contributed by atoms with Crippen LogP contribution in [0.2, 0.25) is 0 Å². The van der Waals surface area contributed by atoms with Crippen molar-refractivity contribution in [1.29, 1.82) is 0 Å². The predicted molar refractivity (Wildman–Crippen MR) is 126 cm³/mol. The Kier molecular flexibility index (Phi) is 12.5. The summed E-state index contributed by atoms with van der Waals surface area (Å²) in [5, 5.41) is 34.9. The number of hydrogen-bond donors (Lipinski definition) is 6. The van der Waals surface area contributed by atoms with Gasteiger partial charge in [-0.15, -0.1) is 11.3 Å². The molecule has 2 aromatic heterocycles. The third kappa shape index (κ3) is 12.4. The number of carboxylic acids is 4. The highest BCUT2D eigenvalue weighted by Gasteiger charge is 2.04. The smallest absolute Gasteiger partial charge is 0.414 e. The summed E-state index contributed by atoms with van der Waals surface area (Å²) >= 11 is 1.59. The summed E-state index contributed by atoms with van der Waals surface area (Å²) in [5.41, 5.74) is 8.14. The Hall–Kier alpha value is -4.49. The predicted octanol–water partition coefficient (Wildman–Crippen LogP) is 2.02. The second-order valence-electron chi connectivity index (χ2n) is 6.37. The van der Waals surface area contributed by atoms with Crippen LogP contribution < -0.4 is 11.1 Å². The Morgan fingerprint density at radius 1 is 0.886 bits per heavy atom. The van der Waals surface area contributed by atoms with Crippen LogP contribution in [0, 0.1) is 0 Å². The van der Waals surface area contributed by atoms with Crippen LogP contribution in [0.4, 0.5) is 5.69 Å². The van der Waals surface area contributed by atoms with Crippen molar-refractivity contribution >= 4 is 46.7 Å². The number of thiophene rings is 1. The second-order valence-corrected chi connectivity index (χ2v) is 7.32. The lowest BCUT2D eigenvalue weighted by Gasteiger charge is -2.04. The zero-order chi connectivity index (χ0) is 26.2. The summed E-state index contributed by atoms with van der Waals surface area (Å²) in [6.45, 7) is 1.66. The molecule has 0 unspecified atom stereocenters. The third-order valence-electron chi connectivity index (χ3n) is 3.80. The summed E-state index contributed by atoms with van der Waals surface area (Å²) in [7, 11) is 0. The normalized spacial score (nSPS) is 10.2. The number of carbonyl (C=O) groups is 4. The van der Waals surface area contributed by atoms with Gasteiger partial charge in [0.1, 0.15) is 11.6 Å². The van der Waals surface area contributed by atoms with E-state index in [-0.39, 0.29) is 0 Å². The largest absolute Gasteiger partial charge is 0.473 e. The lowest BCUT2D eigenvalue weighted by Crippen LogP contribution is -2.16. The van der Waals surface area contributed by atoms with Gasteiger partial charge in [0.15, 0.2) is 0 Å². The van der Waals surface area contributed by atoms with Gasteiger partial charge in [0, 0.05) is 0 Å². The van der Waals surface area contributed by atoms with E-state index >= 15 is 0 Å². The number of aliphatic carboxylic acids is 4. The van der Waals surface area contributed by atoms with Gasteiger partial charge in [0.05, 0.1) is 23.4 Å². The van der Waals surface area contributed by atoms with E-state index < -0.39 is 23.9 Å². The molecule has 0 saturated carbocycles. The van der Waals surface area contributed by atoms with Crippen LogP contribution >= 0.6 is 11.3 Å². The average molecular weight is 506 g/mol. The Balaban J connectivity index is 0.000000425. The van der Waals surface area contributed by atoms with E-state index in [9.17, 15) is 0 Å². The quantitative estimate of drug-likeness (QED) is 0.118. The average Bonchev–Trinajstić information content (AvgIpc) is 3.53. The van der Waals surface area contributed by atoms with Crippen molar-refractivity contribution in [2.45, 2.75) is 13.0 Å². The molecule has 35 heavy (non-hydrogen) atoms. The fourth-order valence-electron chi connectivity index (χ4n) is 2.21. The summed E-state index contributed by atoms with van der Waals surface area (Å²) < 4.78 is 5.28. The Bertz CT molecular complexity index is 1060. The first-order valence-corrected chi connectivity index (χ1v) is 10.6. The second kappa shape index (κ2) is 15.4. The van der Waals surface area contributed by atoms with E-state index in [0.29, 0.717) is 5.84 Å². The number of aliphatic imine (C=N–C) groups is 1. The van der Waals surface area contributed by atoms with Gasteiger partial charge >= 0.3 is 23.9 Å². The number of amidine groups is 1. The van der Waals surface area contributed by atoms with E-state index in [1.54, 1.807) is 17.6 Å². The zero-order valence-corrected chi connectivity index (χ0v) is 19.0. The lowest BCUT2D eigenvalue weighted by atomic mass is 10.1. The standard InChI is InChI=1S/C18H19N3OS.2C2H2O4/c19-18(17-4-2-12-23-17)21-15-7-5-14(6-8-15)9-10-20-13-16-3-1-11-22-16;2*3-1(4)2(5)6/h1-8,11-12,20H,9-10,13H2,(H2,19,21);2*(H,3,4)(H,5,6). The topological polar surface area (TPSA) is 213 Å². The van der Waals surface area contributed by atoms with E-state index in [1.807, 2.05) is 41.8 Å². The summed E-state index contributed by atoms with van der Waals surface area (Å²) in [6, 6.07) is 16.0. The molecule has 2 heterocycles. The highest BCUT2D eigenvalue weighted by Crippen LogP contribution is 2.16. The highest BCUT2D eigenvalue weighted by atomic mass is 32.1. The minimum absolute atomic E-state index is 0.563. The molecule has 7 N–H and O–H groups in total. The SMILES string of the molecule is NC(=Nc1ccc(CCNCc2ccco2)cc1)c1cccs1.O=C(O)C(=O)O.O=C(O)C(=O)O. The number of carboxylic acid groups (broad SMARTS) is 4. The number of furan rings is 1. The molecule has 186 valence electrons. The van der Waals surface area contributed by atoms with Crippen LogP contribution in [0.5, 0.6) is 0 Å². The van der Waals surface area contributed by atoms with Gasteiger partial charge in [0.25, 0.3) is 0 Å². The number of hydrogen-bond acceptors (Lipinski definition) is 8. The van der Waals surface area contributed by atoms with Crippen molar-refractivity contribution in [1.82, 2.24) is 5.32 Å². The molecule has 0 fully saturated rings. The number of rotatable bonds is 7. The van der Waals surface area contributed by atoms with E-state index in [4.69, 9.17) is 49.8 Å². The Morgan fingerprint density at radius 3 is 1.94 bits per heavy atom. The fraction of sp³-hybridized carbons (Fsp3) is 0.136. The van der Waals surface area contributed by atoms with Crippen LogP contribution in [-0.2, 0) is 32.1 Å². The number of nitrogens with two attached hydrogens (primary N) is 1.